The van der Waals surface area contributed by atoms with Crippen molar-refractivity contribution in [3.8, 4) is 5.75 Å². The lowest BCUT2D eigenvalue weighted by Crippen LogP contribution is -2.14. The number of carbonyl (C=O) groups is 2. The Hall–Kier alpha value is -2.53. The molecule has 0 saturated heterocycles. The van der Waals surface area contributed by atoms with Crippen LogP contribution < -0.4 is 10.1 Å². The van der Waals surface area contributed by atoms with Crippen LogP contribution in [0, 0.1) is 0 Å². The van der Waals surface area contributed by atoms with Gasteiger partial charge >= 0.3 is 5.97 Å². The van der Waals surface area contributed by atoms with Gasteiger partial charge in [0, 0.05) is 0 Å². The molecule has 0 bridgehead atoms. The van der Waals surface area contributed by atoms with Gasteiger partial charge in [-0.1, -0.05) is 23.7 Å². The van der Waals surface area contributed by atoms with Crippen molar-refractivity contribution in [2.24, 2.45) is 0 Å². The molecule has 5 nitrogen and oxygen atoms in total. The van der Waals surface area contributed by atoms with Crippen molar-refractivity contribution in [1.82, 2.24) is 0 Å². The highest BCUT2D eigenvalue weighted by Gasteiger charge is 2.15. The van der Waals surface area contributed by atoms with Crippen molar-refractivity contribution in [3.63, 3.8) is 0 Å². The molecule has 0 aliphatic heterocycles. The van der Waals surface area contributed by atoms with Crippen LogP contribution in [-0.2, 0) is 4.74 Å². The fourth-order valence-electron chi connectivity index (χ4n) is 1.98. The van der Waals surface area contributed by atoms with Gasteiger partial charge in [-0.3, -0.25) is 4.79 Å². The van der Waals surface area contributed by atoms with Crippen LogP contribution in [-0.4, -0.2) is 25.6 Å². The Kier molecular flexibility index (Phi) is 5.60. The standard InChI is InChI=1S/C17H16ClNO4/c1-3-23-17(21)11-8-9-13(18)14(10-11)19-16(20)12-6-4-5-7-15(12)22-2/h4-10H,3H2,1-2H3,(H,19,20). The van der Waals surface area contributed by atoms with E-state index in [1.54, 1.807) is 37.3 Å². The number of hydrogen-bond acceptors (Lipinski definition) is 4. The molecule has 0 atom stereocenters. The Morgan fingerprint density at radius 2 is 1.91 bits per heavy atom. The summed E-state index contributed by atoms with van der Waals surface area (Å²) in [5, 5.41) is 3.00. The summed E-state index contributed by atoms with van der Waals surface area (Å²) in [6.45, 7) is 1.99. The number of methoxy groups -OCH3 is 1. The molecule has 120 valence electrons. The number of anilines is 1. The van der Waals surface area contributed by atoms with Crippen molar-refractivity contribution in [1.29, 1.82) is 0 Å². The second kappa shape index (κ2) is 7.65. The molecule has 2 rings (SSSR count). The van der Waals surface area contributed by atoms with E-state index in [-0.39, 0.29) is 12.5 Å². The first kappa shape index (κ1) is 16.8. The van der Waals surface area contributed by atoms with Crippen molar-refractivity contribution in [3.05, 3.63) is 58.6 Å². The zero-order valence-corrected chi connectivity index (χ0v) is 13.5. The van der Waals surface area contributed by atoms with Gasteiger partial charge in [0.05, 0.1) is 35.6 Å². The summed E-state index contributed by atoms with van der Waals surface area (Å²) < 4.78 is 10.1. The van der Waals surface area contributed by atoms with Crippen LogP contribution in [0.15, 0.2) is 42.5 Å². The Balaban J connectivity index is 2.27. The smallest absolute Gasteiger partial charge is 0.338 e. The van der Waals surface area contributed by atoms with Gasteiger partial charge in [-0.05, 0) is 37.3 Å². The fourth-order valence-corrected chi connectivity index (χ4v) is 2.15. The molecule has 23 heavy (non-hydrogen) atoms. The number of nitrogens with one attached hydrogen (secondary N) is 1. The number of benzene rings is 2. The fraction of sp³-hybridized carbons (Fsp3) is 0.176. The summed E-state index contributed by atoms with van der Waals surface area (Å²) in [6, 6.07) is 11.4. The summed E-state index contributed by atoms with van der Waals surface area (Å²) in [5.41, 5.74) is 1.01. The molecule has 2 aromatic carbocycles. The van der Waals surface area contributed by atoms with E-state index in [9.17, 15) is 9.59 Å². The lowest BCUT2D eigenvalue weighted by atomic mass is 10.1. The lowest BCUT2D eigenvalue weighted by molar-refractivity contribution is 0.0526. The topological polar surface area (TPSA) is 64.6 Å². The van der Waals surface area contributed by atoms with Crippen LogP contribution in [0.5, 0.6) is 5.75 Å². The largest absolute Gasteiger partial charge is 0.496 e. The normalized spacial score (nSPS) is 10.0. The summed E-state index contributed by atoms with van der Waals surface area (Å²) >= 11 is 6.09. The monoisotopic (exact) mass is 333 g/mol. The minimum Gasteiger partial charge on any atom is -0.496 e. The van der Waals surface area contributed by atoms with E-state index in [2.05, 4.69) is 5.32 Å². The van der Waals surface area contributed by atoms with E-state index in [0.29, 0.717) is 27.6 Å². The van der Waals surface area contributed by atoms with Crippen molar-refractivity contribution >= 4 is 29.2 Å². The van der Waals surface area contributed by atoms with E-state index >= 15 is 0 Å². The minimum absolute atomic E-state index is 0.268. The highest BCUT2D eigenvalue weighted by Crippen LogP contribution is 2.25. The molecule has 0 aliphatic carbocycles. The highest BCUT2D eigenvalue weighted by molar-refractivity contribution is 6.34. The first-order chi connectivity index (χ1) is 11.1. The zero-order chi connectivity index (χ0) is 16.8. The van der Waals surface area contributed by atoms with E-state index in [4.69, 9.17) is 21.1 Å². The zero-order valence-electron chi connectivity index (χ0n) is 12.8. The number of para-hydroxylation sites is 1. The van der Waals surface area contributed by atoms with Gasteiger partial charge in [0.2, 0.25) is 0 Å². The van der Waals surface area contributed by atoms with Gasteiger partial charge in [-0.2, -0.15) is 0 Å². The second-order valence-electron chi connectivity index (χ2n) is 4.57. The van der Waals surface area contributed by atoms with Gasteiger partial charge in [0.1, 0.15) is 5.75 Å². The van der Waals surface area contributed by atoms with Crippen LogP contribution in [0.4, 0.5) is 5.69 Å². The molecule has 0 saturated carbocycles. The number of esters is 1. The summed E-state index contributed by atoms with van der Waals surface area (Å²) in [4.78, 5) is 24.2. The van der Waals surface area contributed by atoms with Gasteiger partial charge in [-0.25, -0.2) is 4.79 Å². The third kappa shape index (κ3) is 4.02. The average Bonchev–Trinajstić information content (AvgIpc) is 2.56. The maximum absolute atomic E-state index is 12.4. The van der Waals surface area contributed by atoms with E-state index in [1.165, 1.54) is 19.2 Å². The Morgan fingerprint density at radius 1 is 1.17 bits per heavy atom. The molecule has 0 radical (unpaired) electrons. The first-order valence-electron chi connectivity index (χ1n) is 6.97. The van der Waals surface area contributed by atoms with Gasteiger partial charge in [0.15, 0.2) is 0 Å². The van der Waals surface area contributed by atoms with E-state index < -0.39 is 5.97 Å². The van der Waals surface area contributed by atoms with Gasteiger partial charge in [0.25, 0.3) is 5.91 Å². The number of carbonyl (C=O) groups excluding carboxylic acids is 2. The number of hydrogen-bond donors (Lipinski definition) is 1. The molecule has 0 unspecified atom stereocenters. The van der Waals surface area contributed by atoms with Gasteiger partial charge < -0.3 is 14.8 Å². The molecule has 0 fully saturated rings. The molecule has 2 aromatic rings. The van der Waals surface area contributed by atoms with Gasteiger partial charge in [-0.15, -0.1) is 0 Å². The molecule has 0 spiro atoms. The van der Waals surface area contributed by atoms with E-state index in [1.807, 2.05) is 0 Å². The predicted octanol–water partition coefficient (Wildman–Crippen LogP) is 3.78. The van der Waals surface area contributed by atoms with E-state index in [0.717, 1.165) is 0 Å². The predicted molar refractivity (Wildman–Crippen MR) is 88.4 cm³/mol. The third-order valence-electron chi connectivity index (χ3n) is 3.08. The number of amides is 1. The molecular formula is C17H16ClNO4. The maximum atomic E-state index is 12.4. The van der Waals surface area contributed by atoms with Crippen molar-refractivity contribution < 1.29 is 19.1 Å². The molecule has 0 aliphatic rings. The summed E-state index contributed by atoms with van der Waals surface area (Å²) in [7, 11) is 1.49. The molecule has 6 heteroatoms. The molecule has 1 amide bonds. The Bertz CT molecular complexity index is 730. The minimum atomic E-state index is -0.475. The number of halogens is 1. The Morgan fingerprint density at radius 3 is 2.61 bits per heavy atom. The molecular weight excluding hydrogens is 318 g/mol. The van der Waals surface area contributed by atoms with Crippen LogP contribution >= 0.6 is 11.6 Å². The SMILES string of the molecule is CCOC(=O)c1ccc(Cl)c(NC(=O)c2ccccc2OC)c1. The molecule has 0 heterocycles. The van der Waals surface area contributed by atoms with Crippen molar-refractivity contribution in [2.45, 2.75) is 6.92 Å². The Labute approximate surface area is 139 Å². The van der Waals surface area contributed by atoms with Crippen LogP contribution in [0.25, 0.3) is 0 Å². The first-order valence-corrected chi connectivity index (χ1v) is 7.35. The van der Waals surface area contributed by atoms with Crippen LogP contribution in [0.2, 0.25) is 5.02 Å². The second-order valence-corrected chi connectivity index (χ2v) is 4.98. The average molecular weight is 334 g/mol. The quantitative estimate of drug-likeness (QED) is 0.846. The third-order valence-corrected chi connectivity index (χ3v) is 3.41. The number of rotatable bonds is 5. The maximum Gasteiger partial charge on any atom is 0.338 e. The number of ether oxygens (including phenoxy) is 2. The molecule has 1 N–H and O–H groups in total. The van der Waals surface area contributed by atoms with Crippen LogP contribution in [0.3, 0.4) is 0 Å². The molecule has 0 aromatic heterocycles. The van der Waals surface area contributed by atoms with Crippen LogP contribution in [0.1, 0.15) is 27.6 Å². The highest BCUT2D eigenvalue weighted by atomic mass is 35.5. The lowest BCUT2D eigenvalue weighted by Gasteiger charge is -2.11. The summed E-state index contributed by atoms with van der Waals surface area (Å²) in [6.07, 6.45) is 0. The summed E-state index contributed by atoms with van der Waals surface area (Å²) in [5.74, 6) is -0.412. The van der Waals surface area contributed by atoms with Crippen molar-refractivity contribution in [2.75, 3.05) is 19.0 Å².